The molecule has 5 heteroatoms. The summed E-state index contributed by atoms with van der Waals surface area (Å²) in [6.45, 7) is 6.49. The van der Waals surface area contributed by atoms with Crippen molar-refractivity contribution in [1.29, 1.82) is 0 Å². The van der Waals surface area contributed by atoms with Gasteiger partial charge >= 0.3 is 5.97 Å². The summed E-state index contributed by atoms with van der Waals surface area (Å²) in [5, 5.41) is 9.66. The van der Waals surface area contributed by atoms with Crippen molar-refractivity contribution in [2.45, 2.75) is 58.3 Å². The van der Waals surface area contributed by atoms with E-state index in [1.165, 1.54) is 12.0 Å². The summed E-state index contributed by atoms with van der Waals surface area (Å²) >= 11 is 6.59. The van der Waals surface area contributed by atoms with Crippen LogP contribution in [0.15, 0.2) is 35.5 Å². The average molecular weight is 402 g/mol. The van der Waals surface area contributed by atoms with Crippen molar-refractivity contribution < 1.29 is 14.7 Å². The van der Waals surface area contributed by atoms with Crippen LogP contribution in [0.25, 0.3) is 6.08 Å². The summed E-state index contributed by atoms with van der Waals surface area (Å²) in [5.74, 6) is -0.727. The van der Waals surface area contributed by atoms with Gasteiger partial charge in [-0.05, 0) is 47.9 Å². The van der Waals surface area contributed by atoms with E-state index in [1.807, 2.05) is 18.3 Å². The molecule has 0 unspecified atom stereocenters. The third-order valence-electron chi connectivity index (χ3n) is 5.94. The van der Waals surface area contributed by atoms with Crippen LogP contribution in [0.2, 0.25) is 5.02 Å². The number of carbonyl (C=O) groups is 2. The minimum absolute atomic E-state index is 0.0510. The highest BCUT2D eigenvalue weighted by Gasteiger charge is 2.40. The molecule has 1 atom stereocenters. The Balaban J connectivity index is 1.94. The number of halogens is 1. The normalized spacial score (nSPS) is 22.2. The van der Waals surface area contributed by atoms with E-state index in [0.717, 1.165) is 29.5 Å². The van der Waals surface area contributed by atoms with Gasteiger partial charge < -0.3 is 10.0 Å². The first-order valence-electron chi connectivity index (χ1n) is 9.93. The van der Waals surface area contributed by atoms with Crippen LogP contribution in [0, 0.1) is 5.92 Å². The molecule has 1 N–H and O–H groups in total. The van der Waals surface area contributed by atoms with E-state index in [1.54, 1.807) is 4.90 Å². The lowest BCUT2D eigenvalue weighted by atomic mass is 9.68. The number of aliphatic carboxylic acids is 1. The molecule has 1 aliphatic carbocycles. The van der Waals surface area contributed by atoms with Crippen LogP contribution >= 0.6 is 11.6 Å². The minimum Gasteiger partial charge on any atom is -0.481 e. The lowest BCUT2D eigenvalue weighted by Crippen LogP contribution is -2.42. The first-order valence-corrected chi connectivity index (χ1v) is 10.3. The van der Waals surface area contributed by atoms with Crippen LogP contribution in [0.4, 0.5) is 0 Å². The predicted octanol–water partition coefficient (Wildman–Crippen LogP) is 5.41. The molecule has 1 saturated carbocycles. The fraction of sp³-hybridized carbons (Fsp3) is 0.478. The molecule has 0 radical (unpaired) electrons. The molecule has 1 aliphatic heterocycles. The van der Waals surface area contributed by atoms with Crippen LogP contribution in [0.5, 0.6) is 0 Å². The molecule has 1 heterocycles. The Hall–Kier alpha value is -2.07. The number of allylic oxidation sites excluding steroid dienone is 2. The van der Waals surface area contributed by atoms with Gasteiger partial charge in [0.2, 0.25) is 5.91 Å². The van der Waals surface area contributed by atoms with E-state index in [9.17, 15) is 9.59 Å². The molecule has 0 spiro atoms. The summed E-state index contributed by atoms with van der Waals surface area (Å²) < 4.78 is 0. The van der Waals surface area contributed by atoms with Gasteiger partial charge in [0.25, 0.3) is 0 Å². The number of carbonyl (C=O) groups excluding carboxylic acids is 1. The van der Waals surface area contributed by atoms with Crippen molar-refractivity contribution in [3.63, 3.8) is 0 Å². The number of hydrogen-bond donors (Lipinski definition) is 1. The molecule has 150 valence electrons. The molecule has 28 heavy (non-hydrogen) atoms. The molecule has 1 amide bonds. The molecule has 4 nitrogen and oxygen atoms in total. The van der Waals surface area contributed by atoms with Gasteiger partial charge in [-0.15, -0.1) is 0 Å². The molecule has 3 rings (SSSR count). The lowest BCUT2D eigenvalue weighted by molar-refractivity contribution is -0.138. The lowest BCUT2D eigenvalue weighted by Gasteiger charge is -2.41. The summed E-state index contributed by atoms with van der Waals surface area (Å²) in [5.41, 5.74) is 4.17. The zero-order chi connectivity index (χ0) is 20.5. The fourth-order valence-electron chi connectivity index (χ4n) is 4.08. The second-order valence-electron chi connectivity index (χ2n) is 8.37. The van der Waals surface area contributed by atoms with E-state index < -0.39 is 11.4 Å². The van der Waals surface area contributed by atoms with Crippen molar-refractivity contribution in [2.24, 2.45) is 5.92 Å². The quantitative estimate of drug-likeness (QED) is 0.693. The third-order valence-corrected chi connectivity index (χ3v) is 6.27. The molecule has 0 saturated heterocycles. The molecular weight excluding hydrogens is 374 g/mol. The van der Waals surface area contributed by atoms with Gasteiger partial charge in [0.05, 0.1) is 6.42 Å². The monoisotopic (exact) mass is 401 g/mol. The maximum atomic E-state index is 12.8. The van der Waals surface area contributed by atoms with Crippen molar-refractivity contribution in [2.75, 3.05) is 6.54 Å². The number of carboxylic acids is 1. The van der Waals surface area contributed by atoms with E-state index in [-0.39, 0.29) is 24.8 Å². The maximum absolute atomic E-state index is 12.8. The third kappa shape index (κ3) is 4.17. The Labute approximate surface area is 171 Å². The van der Waals surface area contributed by atoms with Gasteiger partial charge in [-0.1, -0.05) is 56.2 Å². The van der Waals surface area contributed by atoms with Crippen LogP contribution in [0.3, 0.4) is 0 Å². The van der Waals surface area contributed by atoms with Crippen molar-refractivity contribution >= 4 is 29.6 Å². The molecule has 1 aromatic carbocycles. The first-order chi connectivity index (χ1) is 13.2. The van der Waals surface area contributed by atoms with Crippen LogP contribution in [-0.2, 0) is 15.0 Å². The topological polar surface area (TPSA) is 57.6 Å². The van der Waals surface area contributed by atoms with E-state index in [2.05, 4.69) is 32.9 Å². The van der Waals surface area contributed by atoms with Gasteiger partial charge in [-0.2, -0.15) is 0 Å². The van der Waals surface area contributed by atoms with Crippen molar-refractivity contribution in [1.82, 2.24) is 4.90 Å². The van der Waals surface area contributed by atoms with Gasteiger partial charge in [-0.25, -0.2) is 0 Å². The Bertz CT molecular complexity index is 849. The molecule has 0 bridgehead atoms. The maximum Gasteiger partial charge on any atom is 0.305 e. The molecule has 0 aromatic heterocycles. The highest BCUT2D eigenvalue weighted by atomic mass is 35.5. The zero-order valence-electron chi connectivity index (χ0n) is 16.8. The number of rotatable bonds is 6. The van der Waals surface area contributed by atoms with E-state index >= 15 is 0 Å². The first kappa shape index (κ1) is 20.7. The minimum atomic E-state index is -0.899. The standard InChI is InChI=1S/C23H28ClNO3/c1-15(2)19-14-25(10-9-22(27)28)21(26)13-23(19,3)18-8-7-17(20(24)12-18)11-16-5-4-6-16/h7-8,11-12,14-15H,4-6,9-10,13H2,1-3H3,(H,27,28)/t23-/m0/s1. The van der Waals surface area contributed by atoms with Crippen LogP contribution < -0.4 is 0 Å². The largest absolute Gasteiger partial charge is 0.481 e. The molecule has 2 aliphatic rings. The van der Waals surface area contributed by atoms with Crippen LogP contribution in [-0.4, -0.2) is 28.4 Å². The Morgan fingerprint density at radius 2 is 2.07 bits per heavy atom. The summed E-state index contributed by atoms with van der Waals surface area (Å²) in [6.07, 6.45) is 7.84. The molecule has 1 fully saturated rings. The summed E-state index contributed by atoms with van der Waals surface area (Å²) in [4.78, 5) is 25.2. The molecular formula is C23H28ClNO3. The summed E-state index contributed by atoms with van der Waals surface area (Å²) in [7, 11) is 0. The molecule has 1 aromatic rings. The van der Waals surface area contributed by atoms with Crippen molar-refractivity contribution in [3.8, 4) is 0 Å². The highest BCUT2D eigenvalue weighted by Crippen LogP contribution is 2.44. The number of carboxylic acid groups (broad SMARTS) is 1. The fourth-order valence-corrected chi connectivity index (χ4v) is 4.32. The number of hydrogen-bond acceptors (Lipinski definition) is 2. The van der Waals surface area contributed by atoms with Gasteiger partial charge in [0.15, 0.2) is 0 Å². The number of nitrogens with zero attached hydrogens (tertiary/aromatic N) is 1. The second-order valence-corrected chi connectivity index (χ2v) is 8.78. The second kappa shape index (κ2) is 8.12. The smallest absolute Gasteiger partial charge is 0.305 e. The average Bonchev–Trinajstić information content (AvgIpc) is 2.57. The number of amides is 1. The van der Waals surface area contributed by atoms with Crippen molar-refractivity contribution in [3.05, 3.63) is 51.7 Å². The van der Waals surface area contributed by atoms with Gasteiger partial charge in [0, 0.05) is 29.6 Å². The predicted molar refractivity (Wildman–Crippen MR) is 112 cm³/mol. The Kier molecular flexibility index (Phi) is 5.99. The SMILES string of the molecule is CC(C)C1=CN(CCC(=O)O)C(=O)C[C@@]1(C)c1ccc(C=C2CCC2)c(Cl)c1. The van der Waals surface area contributed by atoms with E-state index in [0.29, 0.717) is 11.4 Å². The number of benzene rings is 1. The van der Waals surface area contributed by atoms with E-state index in [4.69, 9.17) is 16.7 Å². The van der Waals surface area contributed by atoms with Crippen LogP contribution in [0.1, 0.15) is 64.0 Å². The Morgan fingerprint density at radius 1 is 1.36 bits per heavy atom. The summed E-state index contributed by atoms with van der Waals surface area (Å²) in [6, 6.07) is 6.11. The highest BCUT2D eigenvalue weighted by molar-refractivity contribution is 6.32. The Morgan fingerprint density at radius 3 is 2.61 bits per heavy atom. The zero-order valence-corrected chi connectivity index (χ0v) is 17.6. The van der Waals surface area contributed by atoms with Gasteiger partial charge in [0.1, 0.15) is 0 Å². The van der Waals surface area contributed by atoms with Gasteiger partial charge in [-0.3, -0.25) is 9.59 Å².